The van der Waals surface area contributed by atoms with Crippen molar-refractivity contribution in [1.29, 1.82) is 5.26 Å². The number of carbonyl (C=O) groups excluding carboxylic acids is 1. The first kappa shape index (κ1) is 19.5. The molecule has 26 heavy (non-hydrogen) atoms. The summed E-state index contributed by atoms with van der Waals surface area (Å²) >= 11 is 0. The molecule has 1 fully saturated rings. The largest absolute Gasteiger partial charge is 0.492 e. The van der Waals surface area contributed by atoms with Gasteiger partial charge in [-0.25, -0.2) is 4.79 Å². The van der Waals surface area contributed by atoms with Crippen LogP contribution in [-0.4, -0.2) is 41.2 Å². The molecule has 1 heterocycles. The Morgan fingerprint density at radius 2 is 2.04 bits per heavy atom. The Morgan fingerprint density at radius 3 is 2.65 bits per heavy atom. The van der Waals surface area contributed by atoms with Crippen LogP contribution in [0.4, 0.5) is 10.5 Å². The van der Waals surface area contributed by atoms with E-state index in [1.807, 2.05) is 6.07 Å². The highest BCUT2D eigenvalue weighted by Crippen LogP contribution is 2.28. The van der Waals surface area contributed by atoms with E-state index in [0.29, 0.717) is 19.5 Å². The van der Waals surface area contributed by atoms with E-state index in [4.69, 9.17) is 14.7 Å². The fourth-order valence-corrected chi connectivity index (χ4v) is 2.74. The third-order valence-electron chi connectivity index (χ3n) is 4.25. The molecule has 0 unspecified atom stereocenters. The summed E-state index contributed by atoms with van der Waals surface area (Å²) in [6.07, 6.45) is 3.17. The van der Waals surface area contributed by atoms with Gasteiger partial charge in [0.2, 0.25) is 0 Å². The van der Waals surface area contributed by atoms with Crippen molar-refractivity contribution >= 4 is 11.8 Å². The Morgan fingerprint density at radius 1 is 1.35 bits per heavy atom. The number of amides is 1. The smallest absolute Gasteiger partial charge is 0.410 e. The van der Waals surface area contributed by atoms with E-state index in [2.05, 4.69) is 0 Å². The number of hydrogen-bond donors (Lipinski definition) is 0. The maximum atomic E-state index is 12.2. The molecule has 8 nitrogen and oxygen atoms in total. The lowest BCUT2D eigenvalue weighted by molar-refractivity contribution is -0.385. The second-order valence-electron chi connectivity index (χ2n) is 6.79. The minimum absolute atomic E-state index is 0.111. The van der Waals surface area contributed by atoms with Crippen molar-refractivity contribution in [3.63, 3.8) is 0 Å². The molecule has 0 atom stereocenters. The molecule has 140 valence electrons. The highest BCUT2D eigenvalue weighted by atomic mass is 16.6. The molecular formula is C18H23N3O5. The van der Waals surface area contributed by atoms with Crippen LogP contribution < -0.4 is 4.74 Å². The first-order valence-electron chi connectivity index (χ1n) is 8.62. The molecule has 0 bridgehead atoms. The van der Waals surface area contributed by atoms with Crippen molar-refractivity contribution in [3.8, 4) is 11.8 Å². The van der Waals surface area contributed by atoms with Crippen molar-refractivity contribution in [3.05, 3.63) is 33.9 Å². The zero-order chi connectivity index (χ0) is 19.2. The van der Waals surface area contributed by atoms with E-state index in [0.717, 1.165) is 19.3 Å². The third kappa shape index (κ3) is 5.09. The number of nitrogens with zero attached hydrogens (tertiary/aromatic N) is 3. The van der Waals surface area contributed by atoms with Gasteiger partial charge in [-0.1, -0.05) is 6.07 Å². The fourth-order valence-electron chi connectivity index (χ4n) is 2.74. The average molecular weight is 361 g/mol. The molecule has 0 saturated carbocycles. The van der Waals surface area contributed by atoms with Gasteiger partial charge in [-0.2, -0.15) is 5.26 Å². The molecule has 1 aromatic carbocycles. The van der Waals surface area contributed by atoms with Crippen LogP contribution in [0.2, 0.25) is 0 Å². The maximum absolute atomic E-state index is 12.2. The van der Waals surface area contributed by atoms with Gasteiger partial charge in [0.1, 0.15) is 17.4 Å². The number of benzene rings is 1. The van der Waals surface area contributed by atoms with Gasteiger partial charge in [0, 0.05) is 25.6 Å². The number of piperidine rings is 1. The molecule has 1 saturated heterocycles. The summed E-state index contributed by atoms with van der Waals surface area (Å²) < 4.78 is 11.1. The predicted molar refractivity (Wildman–Crippen MR) is 93.9 cm³/mol. The lowest BCUT2D eigenvalue weighted by atomic mass is 10.1. The number of nitro benzene ring substituents is 1. The quantitative estimate of drug-likeness (QED) is 0.566. The lowest BCUT2D eigenvalue weighted by Gasteiger charge is -2.31. The van der Waals surface area contributed by atoms with Crippen molar-refractivity contribution in [1.82, 2.24) is 4.90 Å². The van der Waals surface area contributed by atoms with Crippen LogP contribution >= 0.6 is 0 Å². The Hall–Kier alpha value is -2.82. The van der Waals surface area contributed by atoms with Gasteiger partial charge in [0.15, 0.2) is 5.56 Å². The summed E-state index contributed by atoms with van der Waals surface area (Å²) in [7, 11) is 0. The number of ether oxygens (including phenoxy) is 2. The van der Waals surface area contributed by atoms with E-state index < -0.39 is 10.5 Å². The molecule has 1 aromatic rings. The summed E-state index contributed by atoms with van der Waals surface area (Å²) in [6, 6.07) is 6.05. The summed E-state index contributed by atoms with van der Waals surface area (Å²) in [5.41, 5.74) is -1.15. The fraction of sp³-hybridized carbons (Fsp3) is 0.556. The topological polar surface area (TPSA) is 106 Å². The second-order valence-corrected chi connectivity index (χ2v) is 6.79. The van der Waals surface area contributed by atoms with Crippen LogP contribution in [-0.2, 0) is 4.74 Å². The minimum Gasteiger partial charge on any atom is -0.492 e. The standard InChI is InChI=1S/C18H23N3O5/c1-18(2,26-17(22)20-10-4-3-5-11-20)9-12-25-16-8-6-7-15(21(23)24)14(16)13-19/h6-8H,3-5,9-12H2,1-2H3. The molecule has 0 aliphatic carbocycles. The number of carbonyl (C=O) groups is 1. The summed E-state index contributed by atoms with van der Waals surface area (Å²) in [6.45, 7) is 5.17. The van der Waals surface area contributed by atoms with Gasteiger partial charge in [-0.05, 0) is 39.2 Å². The van der Waals surface area contributed by atoms with Crippen LogP contribution in [0, 0.1) is 21.4 Å². The van der Waals surface area contributed by atoms with Crippen LogP contribution in [0.15, 0.2) is 18.2 Å². The van der Waals surface area contributed by atoms with Crippen LogP contribution in [0.3, 0.4) is 0 Å². The van der Waals surface area contributed by atoms with E-state index in [1.54, 1.807) is 18.7 Å². The van der Waals surface area contributed by atoms with Crippen molar-refractivity contribution in [2.24, 2.45) is 0 Å². The Kier molecular flexibility index (Phi) is 6.39. The summed E-state index contributed by atoms with van der Waals surface area (Å²) in [4.78, 5) is 24.3. The first-order valence-corrected chi connectivity index (χ1v) is 8.62. The molecular weight excluding hydrogens is 338 g/mol. The SMILES string of the molecule is CC(C)(CCOc1cccc([N+](=O)[O-])c1C#N)OC(=O)N1CCCCC1. The van der Waals surface area contributed by atoms with Gasteiger partial charge >= 0.3 is 6.09 Å². The Labute approximate surface area is 152 Å². The minimum atomic E-state index is -0.748. The number of rotatable bonds is 6. The average Bonchev–Trinajstić information content (AvgIpc) is 2.61. The molecule has 1 amide bonds. The van der Waals surface area contributed by atoms with Gasteiger partial charge in [-0.15, -0.1) is 0 Å². The van der Waals surface area contributed by atoms with Crippen molar-refractivity contribution in [2.75, 3.05) is 19.7 Å². The van der Waals surface area contributed by atoms with Gasteiger partial charge < -0.3 is 14.4 Å². The molecule has 1 aliphatic rings. The Balaban J connectivity index is 1.92. The zero-order valence-electron chi connectivity index (χ0n) is 15.1. The van der Waals surface area contributed by atoms with Crippen LogP contribution in [0.5, 0.6) is 5.75 Å². The molecule has 0 radical (unpaired) electrons. The van der Waals surface area contributed by atoms with E-state index in [9.17, 15) is 14.9 Å². The number of likely N-dealkylation sites (tertiary alicyclic amines) is 1. The van der Waals surface area contributed by atoms with Gasteiger partial charge in [-0.3, -0.25) is 10.1 Å². The normalized spacial score (nSPS) is 14.4. The molecule has 0 spiro atoms. The first-order chi connectivity index (χ1) is 12.3. The van der Waals surface area contributed by atoms with Crippen LogP contribution in [0.25, 0.3) is 0 Å². The highest BCUT2D eigenvalue weighted by molar-refractivity contribution is 5.68. The molecule has 1 aliphatic heterocycles. The summed E-state index contributed by atoms with van der Waals surface area (Å²) in [5.74, 6) is 0.153. The molecule has 2 rings (SSSR count). The third-order valence-corrected chi connectivity index (χ3v) is 4.25. The molecule has 0 N–H and O–H groups in total. The number of nitro groups is 1. The number of nitriles is 1. The van der Waals surface area contributed by atoms with E-state index >= 15 is 0 Å². The van der Waals surface area contributed by atoms with E-state index in [1.165, 1.54) is 18.2 Å². The maximum Gasteiger partial charge on any atom is 0.410 e. The Bertz CT molecular complexity index is 705. The monoisotopic (exact) mass is 361 g/mol. The lowest BCUT2D eigenvalue weighted by Crippen LogP contribution is -2.41. The van der Waals surface area contributed by atoms with Crippen LogP contribution in [0.1, 0.15) is 45.1 Å². The summed E-state index contributed by atoms with van der Waals surface area (Å²) in [5, 5.41) is 20.1. The zero-order valence-corrected chi connectivity index (χ0v) is 15.1. The second kappa shape index (κ2) is 8.52. The van der Waals surface area contributed by atoms with Gasteiger partial charge in [0.25, 0.3) is 5.69 Å². The number of hydrogen-bond acceptors (Lipinski definition) is 6. The van der Waals surface area contributed by atoms with Gasteiger partial charge in [0.05, 0.1) is 11.5 Å². The van der Waals surface area contributed by atoms with Crippen molar-refractivity contribution < 1.29 is 19.2 Å². The van der Waals surface area contributed by atoms with Crippen molar-refractivity contribution in [2.45, 2.75) is 45.1 Å². The molecule has 0 aromatic heterocycles. The van der Waals surface area contributed by atoms with E-state index in [-0.39, 0.29) is 29.7 Å². The molecule has 8 heteroatoms. The predicted octanol–water partition coefficient (Wildman–Crippen LogP) is 3.64. The highest BCUT2D eigenvalue weighted by Gasteiger charge is 2.27.